The highest BCUT2D eigenvalue weighted by molar-refractivity contribution is 7.90. The molecule has 0 saturated carbocycles. The van der Waals surface area contributed by atoms with Crippen LogP contribution < -0.4 is 16.0 Å². The molecular weight excluding hydrogens is 440 g/mol. The number of nitrogens with two attached hydrogens (primary N) is 1. The zero-order valence-electron chi connectivity index (χ0n) is 19.0. The molecule has 1 heterocycles. The van der Waals surface area contributed by atoms with E-state index in [0.29, 0.717) is 12.0 Å². The summed E-state index contributed by atoms with van der Waals surface area (Å²) in [5.74, 6) is -0.0842. The number of sulfone groups is 1. The summed E-state index contributed by atoms with van der Waals surface area (Å²) < 4.78 is 23.8. The number of primary amides is 1. The summed E-state index contributed by atoms with van der Waals surface area (Å²) in [6.45, 7) is 5.14. The van der Waals surface area contributed by atoms with E-state index in [1.807, 2.05) is 6.07 Å². The Morgan fingerprint density at radius 3 is 2.30 bits per heavy atom. The Kier molecular flexibility index (Phi) is 8.46. The quantitative estimate of drug-likeness (QED) is 0.406. The van der Waals surface area contributed by atoms with Crippen LogP contribution >= 0.6 is 0 Å². The maximum atomic E-state index is 12.6. The summed E-state index contributed by atoms with van der Waals surface area (Å²) in [6.07, 6.45) is 4.14. The second-order valence-corrected chi connectivity index (χ2v) is 10.4. The van der Waals surface area contributed by atoms with Gasteiger partial charge in [0.15, 0.2) is 15.6 Å². The van der Waals surface area contributed by atoms with Crippen LogP contribution in [0, 0.1) is 0 Å². The van der Waals surface area contributed by atoms with E-state index < -0.39 is 15.9 Å². The molecule has 0 spiro atoms. The summed E-state index contributed by atoms with van der Waals surface area (Å²) in [7, 11) is -3.57. The summed E-state index contributed by atoms with van der Waals surface area (Å²) >= 11 is 0. The van der Waals surface area contributed by atoms with Gasteiger partial charge in [-0.05, 0) is 49.7 Å². The zero-order valence-corrected chi connectivity index (χ0v) is 19.8. The molecule has 3 N–H and O–H groups in total. The molecule has 8 nitrogen and oxygen atoms in total. The van der Waals surface area contributed by atoms with Crippen LogP contribution in [0.15, 0.2) is 53.4 Å². The molecule has 1 saturated heterocycles. The molecule has 0 aliphatic carbocycles. The minimum Gasteiger partial charge on any atom is -0.369 e. The fourth-order valence-corrected chi connectivity index (χ4v) is 4.89. The fourth-order valence-electron chi connectivity index (χ4n) is 4.07. The Balaban J connectivity index is 1.41. The van der Waals surface area contributed by atoms with Gasteiger partial charge in [-0.2, -0.15) is 0 Å². The van der Waals surface area contributed by atoms with Crippen molar-refractivity contribution in [2.24, 2.45) is 5.73 Å². The lowest BCUT2D eigenvalue weighted by Gasteiger charge is -2.36. The molecule has 2 amide bonds. The first kappa shape index (κ1) is 24.7. The highest BCUT2D eigenvalue weighted by Crippen LogP contribution is 2.24. The first-order chi connectivity index (χ1) is 15.7. The summed E-state index contributed by atoms with van der Waals surface area (Å²) in [4.78, 5) is 28.6. The second kappa shape index (κ2) is 11.3. The van der Waals surface area contributed by atoms with Crippen LogP contribution in [0.3, 0.4) is 0 Å². The van der Waals surface area contributed by atoms with Crippen molar-refractivity contribution < 1.29 is 18.0 Å². The molecular formula is C24H32N4O4S. The van der Waals surface area contributed by atoms with Gasteiger partial charge in [-0.1, -0.05) is 24.6 Å². The molecule has 0 unspecified atom stereocenters. The smallest absolute Gasteiger partial charge is 0.316 e. The Bertz CT molecular complexity index is 1070. The molecule has 1 fully saturated rings. The molecule has 2 aromatic carbocycles. The number of nitrogens with zero attached hydrogens (tertiary/aromatic N) is 2. The van der Waals surface area contributed by atoms with E-state index in [1.54, 1.807) is 0 Å². The number of nitrogens with one attached hydrogen (secondary N) is 1. The molecule has 1 aliphatic heterocycles. The van der Waals surface area contributed by atoms with Crippen LogP contribution in [0.5, 0.6) is 0 Å². The van der Waals surface area contributed by atoms with Crippen molar-refractivity contribution in [1.82, 2.24) is 4.90 Å². The van der Waals surface area contributed by atoms with Gasteiger partial charge in [0.05, 0.1) is 10.6 Å². The average Bonchev–Trinajstić information content (AvgIpc) is 2.78. The predicted molar refractivity (Wildman–Crippen MR) is 131 cm³/mol. The summed E-state index contributed by atoms with van der Waals surface area (Å²) in [5.41, 5.74) is 6.81. The van der Waals surface area contributed by atoms with Crippen molar-refractivity contribution in [3.63, 3.8) is 0 Å². The minimum absolute atomic E-state index is 0.0329. The van der Waals surface area contributed by atoms with Crippen LogP contribution in [-0.4, -0.2) is 64.1 Å². The number of ketones is 1. The van der Waals surface area contributed by atoms with Crippen LogP contribution in [0.25, 0.3) is 0 Å². The fraction of sp³-hybridized carbons (Fsp3) is 0.417. The first-order valence-electron chi connectivity index (χ1n) is 11.2. The van der Waals surface area contributed by atoms with E-state index in [1.165, 1.54) is 23.9 Å². The minimum atomic E-state index is -3.57. The van der Waals surface area contributed by atoms with Gasteiger partial charge in [0.1, 0.15) is 0 Å². The van der Waals surface area contributed by atoms with Gasteiger partial charge >= 0.3 is 6.03 Å². The topological polar surface area (TPSA) is 113 Å². The molecule has 0 aromatic heterocycles. The number of carbonyl (C=O) groups excluding carboxylic acids is 2. The molecule has 178 valence electrons. The monoisotopic (exact) mass is 472 g/mol. The van der Waals surface area contributed by atoms with Gasteiger partial charge in [-0.15, -0.1) is 0 Å². The molecule has 0 radical (unpaired) electrons. The van der Waals surface area contributed by atoms with E-state index in [0.717, 1.165) is 58.2 Å². The highest BCUT2D eigenvalue weighted by Gasteiger charge is 2.18. The zero-order chi connectivity index (χ0) is 23.8. The number of rotatable bonds is 10. The van der Waals surface area contributed by atoms with Crippen molar-refractivity contribution in [3.8, 4) is 0 Å². The number of unbranched alkanes of at least 4 members (excludes halogenated alkanes) is 2. The van der Waals surface area contributed by atoms with Crippen LogP contribution in [0.1, 0.15) is 36.0 Å². The maximum absolute atomic E-state index is 12.6. The summed E-state index contributed by atoms with van der Waals surface area (Å²) in [5, 5.41) is 2.30. The van der Waals surface area contributed by atoms with E-state index in [4.69, 9.17) is 5.73 Å². The van der Waals surface area contributed by atoms with E-state index in [9.17, 15) is 18.0 Å². The second-order valence-electron chi connectivity index (χ2n) is 8.37. The third-order valence-corrected chi connectivity index (χ3v) is 6.99. The maximum Gasteiger partial charge on any atom is 0.316 e. The SMILES string of the molecule is CS(=O)(=O)c1ccc(C(=O)CCCCCN2CCN(c3ccccc3)CC2)cc1NC(N)=O. The van der Waals surface area contributed by atoms with Gasteiger partial charge in [0, 0.05) is 50.1 Å². The Morgan fingerprint density at radius 1 is 0.970 bits per heavy atom. The normalized spacial score (nSPS) is 14.8. The van der Waals surface area contributed by atoms with Crippen LogP contribution in [-0.2, 0) is 9.84 Å². The van der Waals surface area contributed by atoms with Gasteiger partial charge in [-0.25, -0.2) is 13.2 Å². The number of piperazine rings is 1. The van der Waals surface area contributed by atoms with Crippen molar-refractivity contribution in [2.75, 3.05) is 49.2 Å². The van der Waals surface area contributed by atoms with Crippen LogP contribution in [0.4, 0.5) is 16.2 Å². The Hall–Kier alpha value is -2.91. The number of carbonyl (C=O) groups is 2. The van der Waals surface area contributed by atoms with E-state index in [2.05, 4.69) is 39.4 Å². The Morgan fingerprint density at radius 2 is 1.67 bits per heavy atom. The largest absolute Gasteiger partial charge is 0.369 e. The average molecular weight is 473 g/mol. The highest BCUT2D eigenvalue weighted by atomic mass is 32.2. The molecule has 0 atom stereocenters. The van der Waals surface area contributed by atoms with Crippen molar-refractivity contribution in [2.45, 2.75) is 30.6 Å². The number of benzene rings is 2. The number of para-hydroxylation sites is 1. The third-order valence-electron chi connectivity index (χ3n) is 5.83. The van der Waals surface area contributed by atoms with E-state index >= 15 is 0 Å². The lowest BCUT2D eigenvalue weighted by Crippen LogP contribution is -2.46. The van der Waals surface area contributed by atoms with Crippen molar-refractivity contribution in [3.05, 3.63) is 54.1 Å². The number of Topliss-reactive ketones (excluding diaryl/α,β-unsaturated/α-hetero) is 1. The third kappa shape index (κ3) is 7.30. The number of amides is 2. The summed E-state index contributed by atoms with van der Waals surface area (Å²) in [6, 6.07) is 13.8. The van der Waals surface area contributed by atoms with Crippen molar-refractivity contribution >= 4 is 33.0 Å². The molecule has 2 aromatic rings. The number of anilines is 2. The van der Waals surface area contributed by atoms with Gasteiger partial charge in [0.2, 0.25) is 0 Å². The number of hydrogen-bond donors (Lipinski definition) is 2. The number of urea groups is 1. The van der Waals surface area contributed by atoms with Gasteiger partial charge in [0.25, 0.3) is 0 Å². The lowest BCUT2D eigenvalue weighted by molar-refractivity contribution is 0.0978. The molecule has 1 aliphatic rings. The molecule has 3 rings (SSSR count). The number of hydrogen-bond acceptors (Lipinski definition) is 6. The lowest BCUT2D eigenvalue weighted by atomic mass is 10.0. The first-order valence-corrected chi connectivity index (χ1v) is 13.1. The standard InChI is InChI=1S/C24H32N4O4S/c1-33(31,32)23-12-11-19(18-21(23)26-24(25)30)22(29)10-6-3-7-13-27-14-16-28(17-15-27)20-8-4-2-5-9-20/h2,4-5,8-9,11-12,18H,3,6-7,10,13-17H2,1H3,(H3,25,26,30). The van der Waals surface area contributed by atoms with Crippen molar-refractivity contribution in [1.29, 1.82) is 0 Å². The Labute approximate surface area is 195 Å². The molecule has 33 heavy (non-hydrogen) atoms. The van der Waals surface area contributed by atoms with E-state index in [-0.39, 0.29) is 16.4 Å². The van der Waals surface area contributed by atoms with Gasteiger partial charge in [-0.3, -0.25) is 9.69 Å². The predicted octanol–water partition coefficient (Wildman–Crippen LogP) is 3.15. The van der Waals surface area contributed by atoms with Crippen LogP contribution in [0.2, 0.25) is 0 Å². The molecule has 9 heteroatoms. The molecule has 0 bridgehead atoms. The van der Waals surface area contributed by atoms with Gasteiger partial charge < -0.3 is 16.0 Å².